The van der Waals surface area contributed by atoms with Crippen molar-refractivity contribution in [2.75, 3.05) is 26.6 Å². The normalized spacial score (nSPS) is 12.3. The van der Waals surface area contributed by atoms with Crippen LogP contribution >= 0.6 is 0 Å². The van der Waals surface area contributed by atoms with Crippen LogP contribution in [0.25, 0.3) is 33.5 Å². The van der Waals surface area contributed by atoms with E-state index < -0.39 is 66.0 Å². The van der Waals surface area contributed by atoms with Gasteiger partial charge in [-0.2, -0.15) is 9.10 Å². The van der Waals surface area contributed by atoms with Crippen LogP contribution in [-0.4, -0.2) is 107 Å². The van der Waals surface area contributed by atoms with E-state index in [9.17, 15) is 27.9 Å². The molecule has 0 saturated heterocycles. The lowest BCUT2D eigenvalue weighted by atomic mass is 9.98. The fraction of sp³-hybridized carbons (Fsp3) is 0.271. The van der Waals surface area contributed by atoms with Crippen LogP contribution in [0.5, 0.6) is 17.2 Å². The van der Waals surface area contributed by atoms with Gasteiger partial charge < -0.3 is 34.4 Å². The molecule has 0 radical (unpaired) electrons. The molecule has 0 aliphatic carbocycles. The Morgan fingerprint density at radius 1 is 0.778 bits per heavy atom. The fourth-order valence-corrected chi connectivity index (χ4v) is 10.9. The number of carboxylic acid groups (broad SMARTS) is 1. The molecule has 1 atom stereocenters. The van der Waals surface area contributed by atoms with Crippen molar-refractivity contribution in [2.45, 2.75) is 75.2 Å². The number of H-pyrrole nitrogens is 1. The van der Waals surface area contributed by atoms with Crippen LogP contribution in [-0.2, 0) is 49.2 Å². The molecule has 0 spiro atoms. The Balaban J connectivity index is 1.48. The summed E-state index contributed by atoms with van der Waals surface area (Å²) in [4.78, 5) is 44.8. The number of para-hydroxylation sites is 1. The molecule has 5 aromatic carbocycles. The zero-order valence-corrected chi connectivity index (χ0v) is 41.8. The molecule has 22 nitrogen and oxygen atoms in total. The Morgan fingerprint density at radius 2 is 1.35 bits per heavy atom. The third-order valence-corrected chi connectivity index (χ3v) is 14.2. The summed E-state index contributed by atoms with van der Waals surface area (Å²) < 4.78 is 86.5. The van der Waals surface area contributed by atoms with Gasteiger partial charge in [0.05, 0.1) is 44.5 Å². The van der Waals surface area contributed by atoms with E-state index in [0.29, 0.717) is 39.5 Å². The van der Waals surface area contributed by atoms with Gasteiger partial charge in [0.2, 0.25) is 27.7 Å². The van der Waals surface area contributed by atoms with Crippen molar-refractivity contribution in [3.8, 4) is 39.8 Å². The van der Waals surface area contributed by atoms with Gasteiger partial charge in [0.15, 0.2) is 0 Å². The van der Waals surface area contributed by atoms with Crippen molar-refractivity contribution in [1.82, 2.24) is 44.5 Å². The number of nitrogens with one attached hydrogen (secondary N) is 4. The highest BCUT2D eigenvalue weighted by Crippen LogP contribution is 2.43. The third-order valence-electron chi connectivity index (χ3n) is 10.7. The maximum Gasteiger partial charge on any atom is 0.411 e. The van der Waals surface area contributed by atoms with Crippen molar-refractivity contribution in [3.63, 3.8) is 0 Å². The molecule has 24 heteroatoms. The van der Waals surface area contributed by atoms with Gasteiger partial charge in [-0.3, -0.25) is 10.1 Å². The number of hydrogen-bond acceptors (Lipinski definition) is 15. The Kier molecular flexibility index (Phi) is 15.5. The average Bonchev–Trinajstić information content (AvgIpc) is 3.97. The zero-order valence-electron chi connectivity index (χ0n) is 40.2. The van der Waals surface area contributed by atoms with Gasteiger partial charge in [-0.1, -0.05) is 54.6 Å². The SMILES string of the molecule is COc1ccc(CN(Cc2ccc(OC)cc2)S(=O)(=O)c2c(S(=O)(=O)NC(=O)CC(C)NC(=O)OC(C)(C)C)ccc(-c3cccc4[nH]c(NC(=O)O)nc34)c2-c2nnn(Cc3ccc(OC)cc3)n2)cc1. The van der Waals surface area contributed by atoms with Gasteiger partial charge in [0, 0.05) is 31.1 Å². The van der Waals surface area contributed by atoms with E-state index in [-0.39, 0.29) is 53.6 Å². The van der Waals surface area contributed by atoms with Crippen molar-refractivity contribution < 1.29 is 55.3 Å². The molecular formula is C48H52N10O12S2. The van der Waals surface area contributed by atoms with Crippen molar-refractivity contribution in [3.05, 3.63) is 120 Å². The fourth-order valence-electron chi connectivity index (χ4n) is 7.50. The van der Waals surface area contributed by atoms with E-state index in [4.69, 9.17) is 18.9 Å². The first-order valence-corrected chi connectivity index (χ1v) is 25.0. The highest BCUT2D eigenvalue weighted by molar-refractivity contribution is 7.92. The van der Waals surface area contributed by atoms with E-state index in [1.807, 2.05) is 4.72 Å². The number of fused-ring (bicyclic) bond motifs is 1. The van der Waals surface area contributed by atoms with Crippen molar-refractivity contribution in [2.24, 2.45) is 0 Å². The van der Waals surface area contributed by atoms with Gasteiger partial charge in [-0.15, -0.1) is 10.2 Å². The lowest BCUT2D eigenvalue weighted by molar-refractivity contribution is -0.119. The number of benzene rings is 5. The van der Waals surface area contributed by atoms with Crippen molar-refractivity contribution in [1.29, 1.82) is 0 Å². The zero-order chi connectivity index (χ0) is 52.0. The first-order chi connectivity index (χ1) is 34.2. The van der Waals surface area contributed by atoms with Crippen LogP contribution in [0.1, 0.15) is 50.8 Å². The molecule has 2 aromatic heterocycles. The highest BCUT2D eigenvalue weighted by Gasteiger charge is 2.39. The van der Waals surface area contributed by atoms with Crippen LogP contribution in [0.4, 0.5) is 15.5 Å². The number of carbonyl (C=O) groups is 3. The van der Waals surface area contributed by atoms with E-state index in [1.54, 1.807) is 112 Å². The lowest BCUT2D eigenvalue weighted by Crippen LogP contribution is -2.41. The summed E-state index contributed by atoms with van der Waals surface area (Å²) in [6.07, 6.45) is -2.83. The molecule has 7 aromatic rings. The Morgan fingerprint density at radius 3 is 1.89 bits per heavy atom. The summed E-state index contributed by atoms with van der Waals surface area (Å²) in [7, 11) is -5.83. The van der Waals surface area contributed by atoms with Gasteiger partial charge >= 0.3 is 12.2 Å². The van der Waals surface area contributed by atoms with Gasteiger partial charge in [-0.05, 0) is 104 Å². The average molecular weight is 1030 g/mol. The quantitative estimate of drug-likeness (QED) is 0.0574. The minimum absolute atomic E-state index is 0.0260. The number of hydrogen-bond donors (Lipinski definition) is 5. The number of sulfonamides is 2. The predicted molar refractivity (Wildman–Crippen MR) is 263 cm³/mol. The van der Waals surface area contributed by atoms with Crippen LogP contribution < -0.4 is 29.6 Å². The van der Waals surface area contributed by atoms with Crippen LogP contribution in [0.3, 0.4) is 0 Å². The molecule has 72 heavy (non-hydrogen) atoms. The maximum absolute atomic E-state index is 16.1. The van der Waals surface area contributed by atoms with Gasteiger partial charge in [-0.25, -0.2) is 36.1 Å². The molecule has 0 aliphatic rings. The number of carbonyl (C=O) groups excluding carboxylic acids is 2. The van der Waals surface area contributed by atoms with E-state index in [1.165, 1.54) is 39.1 Å². The summed E-state index contributed by atoms with van der Waals surface area (Å²) in [6.45, 7) is 5.79. The standard InChI is InChI=1S/C48H52N10O12S2/c1-29(49-47(62)70-48(2,3)4)25-40(59)55-71(63,64)39-24-23-36(37-9-8-10-38-42(37)51-45(50-38)52-46(60)61)41(44-53-56-58(54-44)28-32-15-21-35(69-7)22-16-32)43(39)72(65,66)57(26-30-11-17-33(67-5)18-12-30)27-31-13-19-34(68-6)20-14-31/h8-24,29H,25-28H2,1-7H3,(H,49,62)(H,55,59)(H,60,61)(H2,50,51,52). The minimum Gasteiger partial charge on any atom is -0.497 e. The second-order valence-electron chi connectivity index (χ2n) is 17.3. The van der Waals surface area contributed by atoms with Crippen molar-refractivity contribution >= 4 is 55.1 Å². The first-order valence-electron chi connectivity index (χ1n) is 22.0. The van der Waals surface area contributed by atoms with Crippen LogP contribution in [0.2, 0.25) is 0 Å². The topological polar surface area (TPSA) is 288 Å². The second-order valence-corrected chi connectivity index (χ2v) is 20.8. The number of amides is 3. The maximum atomic E-state index is 16.1. The first kappa shape index (κ1) is 51.8. The molecule has 378 valence electrons. The highest BCUT2D eigenvalue weighted by atomic mass is 32.2. The Hall–Kier alpha value is -8.09. The Labute approximate surface area is 414 Å². The molecule has 0 fully saturated rings. The smallest absolute Gasteiger partial charge is 0.411 e. The second kappa shape index (κ2) is 21.5. The van der Waals surface area contributed by atoms with E-state index in [0.717, 1.165) is 10.4 Å². The number of imidazole rings is 1. The molecule has 7 rings (SSSR count). The number of methoxy groups -OCH3 is 3. The summed E-state index contributed by atoms with van der Waals surface area (Å²) in [5, 5.41) is 27.5. The summed E-state index contributed by atoms with van der Waals surface area (Å²) in [6, 6.07) is 26.4. The monoisotopic (exact) mass is 1020 g/mol. The minimum atomic E-state index is -5.18. The number of aromatic amines is 1. The molecule has 1 unspecified atom stereocenters. The molecule has 0 saturated carbocycles. The lowest BCUT2D eigenvalue weighted by Gasteiger charge is -2.26. The number of tetrazole rings is 1. The number of aromatic nitrogens is 6. The number of alkyl carbamates (subject to hydrolysis) is 1. The van der Waals surface area contributed by atoms with Crippen LogP contribution in [0.15, 0.2) is 113 Å². The molecule has 5 N–H and O–H groups in total. The third kappa shape index (κ3) is 12.4. The summed E-state index contributed by atoms with van der Waals surface area (Å²) >= 11 is 0. The molecule has 3 amide bonds. The number of anilines is 1. The van der Waals surface area contributed by atoms with Crippen LogP contribution in [0, 0.1) is 0 Å². The molecule has 0 aliphatic heterocycles. The molecule has 2 heterocycles. The van der Waals surface area contributed by atoms with Gasteiger partial charge in [0.25, 0.3) is 10.0 Å². The Bertz CT molecular complexity index is 3270. The number of ether oxygens (including phenoxy) is 4. The number of nitrogens with zero attached hydrogens (tertiary/aromatic N) is 6. The summed E-state index contributed by atoms with van der Waals surface area (Å²) in [5.74, 6) is -0.0185. The molecule has 0 bridgehead atoms. The predicted octanol–water partition coefficient (Wildman–Crippen LogP) is 6.55. The largest absolute Gasteiger partial charge is 0.497 e. The number of rotatable bonds is 19. The van der Waals surface area contributed by atoms with E-state index in [2.05, 4.69) is 36.0 Å². The molecular weight excluding hydrogens is 973 g/mol. The van der Waals surface area contributed by atoms with E-state index >= 15 is 8.42 Å². The van der Waals surface area contributed by atoms with Gasteiger partial charge in [0.1, 0.15) is 32.6 Å². The summed E-state index contributed by atoms with van der Waals surface area (Å²) in [5.41, 5.74) is 1.15.